The molecule has 0 aromatic heterocycles. The molecule has 0 aliphatic carbocycles. The molecule has 0 spiro atoms. The van der Waals surface area contributed by atoms with Crippen LogP contribution in [0.3, 0.4) is 0 Å². The van der Waals surface area contributed by atoms with Crippen LogP contribution in [0.5, 0.6) is 0 Å². The molecule has 0 aromatic carbocycles. The van der Waals surface area contributed by atoms with E-state index < -0.39 is 11.0 Å². The van der Waals surface area contributed by atoms with Crippen LogP contribution in [0.2, 0.25) is 0 Å². The van der Waals surface area contributed by atoms with E-state index in [0.717, 1.165) is 6.42 Å². The lowest BCUT2D eigenvalue weighted by Crippen LogP contribution is -2.31. The number of carbonyl (C=O) groups is 2. The van der Waals surface area contributed by atoms with Crippen LogP contribution in [0.4, 0.5) is 0 Å². The van der Waals surface area contributed by atoms with E-state index in [-0.39, 0.29) is 41.6 Å². The standard InChI is InChI=1S/C12H20O4.4CH4/c1-11(2,10(14)15-4)7-8-12(3)6-5-9(13)16-12;;;;/h5-8H2,1-4H3;4*1H4. The van der Waals surface area contributed by atoms with E-state index >= 15 is 0 Å². The number of cyclic esters (lactones) is 1. The minimum Gasteiger partial charge on any atom is -0.469 e. The van der Waals surface area contributed by atoms with Gasteiger partial charge < -0.3 is 9.47 Å². The molecule has 1 rings (SSSR count). The van der Waals surface area contributed by atoms with Crippen molar-refractivity contribution in [2.24, 2.45) is 5.41 Å². The molecular weight excluding hydrogens is 256 g/mol. The SMILES string of the molecule is C.C.C.C.COC(=O)C(C)(C)CCC1(C)CCC(=O)O1. The molecule has 1 saturated heterocycles. The second-order valence-electron chi connectivity index (χ2n) is 5.30. The first-order valence-corrected chi connectivity index (χ1v) is 5.59. The Balaban J connectivity index is -0.000000320. The maximum absolute atomic E-state index is 11.5. The lowest BCUT2D eigenvalue weighted by Gasteiger charge is -2.28. The Labute approximate surface area is 126 Å². The number of methoxy groups -OCH3 is 1. The average molecular weight is 292 g/mol. The summed E-state index contributed by atoms with van der Waals surface area (Å²) in [6.07, 6.45) is 2.57. The summed E-state index contributed by atoms with van der Waals surface area (Å²) in [4.78, 5) is 22.5. The topological polar surface area (TPSA) is 52.6 Å². The summed E-state index contributed by atoms with van der Waals surface area (Å²) in [5.74, 6) is -0.362. The molecule has 0 radical (unpaired) electrons. The van der Waals surface area contributed by atoms with Gasteiger partial charge in [0.1, 0.15) is 5.60 Å². The molecule has 1 fully saturated rings. The Morgan fingerprint density at radius 1 is 1.30 bits per heavy atom. The highest BCUT2D eigenvalue weighted by Gasteiger charge is 2.38. The first kappa shape index (κ1) is 27.3. The summed E-state index contributed by atoms with van der Waals surface area (Å²) in [6.45, 7) is 5.61. The lowest BCUT2D eigenvalue weighted by atomic mass is 9.83. The average Bonchev–Trinajstić information content (AvgIpc) is 2.55. The van der Waals surface area contributed by atoms with Crippen molar-refractivity contribution in [1.82, 2.24) is 0 Å². The zero-order valence-electron chi connectivity index (χ0n) is 10.5. The van der Waals surface area contributed by atoms with E-state index in [2.05, 4.69) is 0 Å². The zero-order valence-corrected chi connectivity index (χ0v) is 10.5. The smallest absolute Gasteiger partial charge is 0.311 e. The summed E-state index contributed by atoms with van der Waals surface area (Å²) in [5.41, 5.74) is -0.921. The van der Waals surface area contributed by atoms with Crippen molar-refractivity contribution >= 4 is 11.9 Å². The molecule has 20 heavy (non-hydrogen) atoms. The van der Waals surface area contributed by atoms with Crippen molar-refractivity contribution in [3.05, 3.63) is 0 Å². The Hall–Kier alpha value is -1.06. The number of ether oxygens (including phenoxy) is 2. The van der Waals surface area contributed by atoms with Crippen LogP contribution in [-0.4, -0.2) is 24.6 Å². The first-order chi connectivity index (χ1) is 7.29. The fourth-order valence-corrected chi connectivity index (χ4v) is 1.87. The number of esters is 2. The van der Waals surface area contributed by atoms with E-state index in [1.165, 1.54) is 7.11 Å². The Morgan fingerprint density at radius 2 is 1.80 bits per heavy atom. The molecular formula is C16H36O4. The van der Waals surface area contributed by atoms with Gasteiger partial charge in [-0.3, -0.25) is 9.59 Å². The predicted molar refractivity (Wildman–Crippen MR) is 85.7 cm³/mol. The van der Waals surface area contributed by atoms with Crippen LogP contribution in [0.1, 0.15) is 76.2 Å². The summed E-state index contributed by atoms with van der Waals surface area (Å²) >= 11 is 0. The van der Waals surface area contributed by atoms with Gasteiger partial charge >= 0.3 is 11.9 Å². The quantitative estimate of drug-likeness (QED) is 0.710. The van der Waals surface area contributed by atoms with Crippen LogP contribution < -0.4 is 0 Å². The van der Waals surface area contributed by atoms with Gasteiger partial charge in [0, 0.05) is 6.42 Å². The molecule has 124 valence electrons. The highest BCUT2D eigenvalue weighted by Crippen LogP contribution is 2.35. The second kappa shape index (κ2) is 9.78. The van der Waals surface area contributed by atoms with Gasteiger partial charge in [0.25, 0.3) is 0 Å². The molecule has 1 aliphatic heterocycles. The largest absolute Gasteiger partial charge is 0.469 e. The van der Waals surface area contributed by atoms with Crippen LogP contribution in [0, 0.1) is 5.41 Å². The van der Waals surface area contributed by atoms with Crippen molar-refractivity contribution in [1.29, 1.82) is 0 Å². The number of hydrogen-bond donors (Lipinski definition) is 0. The van der Waals surface area contributed by atoms with Crippen LogP contribution in [0.15, 0.2) is 0 Å². The molecule has 0 bridgehead atoms. The van der Waals surface area contributed by atoms with E-state index in [1.807, 2.05) is 20.8 Å². The summed E-state index contributed by atoms with van der Waals surface area (Å²) in [7, 11) is 1.39. The number of hydrogen-bond acceptors (Lipinski definition) is 4. The molecule has 0 amide bonds. The minimum atomic E-state index is -0.521. The molecule has 1 unspecified atom stereocenters. The van der Waals surface area contributed by atoms with Gasteiger partial charge in [-0.1, -0.05) is 29.7 Å². The fourth-order valence-electron chi connectivity index (χ4n) is 1.87. The molecule has 0 aromatic rings. The van der Waals surface area contributed by atoms with Gasteiger partial charge in [0.05, 0.1) is 12.5 Å². The molecule has 1 atom stereocenters. The maximum atomic E-state index is 11.5. The third-order valence-electron chi connectivity index (χ3n) is 3.24. The molecule has 0 N–H and O–H groups in total. The van der Waals surface area contributed by atoms with Crippen molar-refractivity contribution in [3.63, 3.8) is 0 Å². The molecule has 4 nitrogen and oxygen atoms in total. The predicted octanol–water partition coefficient (Wildman–Crippen LogP) is 4.61. The van der Waals surface area contributed by atoms with Crippen molar-refractivity contribution < 1.29 is 19.1 Å². The van der Waals surface area contributed by atoms with Crippen molar-refractivity contribution in [3.8, 4) is 0 Å². The highest BCUT2D eigenvalue weighted by atomic mass is 16.6. The van der Waals surface area contributed by atoms with Gasteiger partial charge in [-0.05, 0) is 40.0 Å². The zero-order chi connectivity index (χ0) is 12.4. The fraction of sp³-hybridized carbons (Fsp3) is 0.875. The van der Waals surface area contributed by atoms with E-state index in [1.54, 1.807) is 0 Å². The Bertz CT molecular complexity index is 297. The normalized spacial score (nSPS) is 20.3. The monoisotopic (exact) mass is 292 g/mol. The van der Waals surface area contributed by atoms with Crippen molar-refractivity contribution in [2.75, 3.05) is 7.11 Å². The van der Waals surface area contributed by atoms with Crippen LogP contribution >= 0.6 is 0 Å². The van der Waals surface area contributed by atoms with Crippen LogP contribution in [-0.2, 0) is 19.1 Å². The van der Waals surface area contributed by atoms with Crippen molar-refractivity contribution in [2.45, 2.75) is 81.8 Å². The third kappa shape index (κ3) is 6.92. The van der Waals surface area contributed by atoms with Gasteiger partial charge in [-0.2, -0.15) is 0 Å². The van der Waals surface area contributed by atoms with E-state index in [9.17, 15) is 9.59 Å². The molecule has 1 heterocycles. The molecule has 1 aliphatic rings. The van der Waals surface area contributed by atoms with Gasteiger partial charge in [0.2, 0.25) is 0 Å². The summed E-state index contributed by atoms with van der Waals surface area (Å²) < 4.78 is 10.0. The van der Waals surface area contributed by atoms with Gasteiger partial charge in [-0.15, -0.1) is 0 Å². The first-order valence-electron chi connectivity index (χ1n) is 5.59. The van der Waals surface area contributed by atoms with Gasteiger partial charge in [-0.25, -0.2) is 0 Å². The Morgan fingerprint density at radius 3 is 2.15 bits per heavy atom. The number of carbonyl (C=O) groups excluding carboxylic acids is 2. The summed E-state index contributed by atoms with van der Waals surface area (Å²) in [6, 6.07) is 0. The lowest BCUT2D eigenvalue weighted by molar-refractivity contribution is -0.153. The minimum absolute atomic E-state index is 0. The number of rotatable bonds is 4. The maximum Gasteiger partial charge on any atom is 0.311 e. The van der Waals surface area contributed by atoms with E-state index in [4.69, 9.17) is 9.47 Å². The third-order valence-corrected chi connectivity index (χ3v) is 3.24. The van der Waals surface area contributed by atoms with Crippen LogP contribution in [0.25, 0.3) is 0 Å². The highest BCUT2D eigenvalue weighted by molar-refractivity contribution is 5.75. The van der Waals surface area contributed by atoms with Gasteiger partial charge in [0.15, 0.2) is 0 Å². The summed E-state index contributed by atoms with van der Waals surface area (Å²) in [5, 5.41) is 0. The molecule has 0 saturated carbocycles. The van der Waals surface area contributed by atoms with E-state index in [0.29, 0.717) is 19.3 Å². The molecule has 4 heteroatoms. The Kier molecular flexibility index (Phi) is 13.4. The second-order valence-corrected chi connectivity index (χ2v) is 5.30.